The van der Waals surface area contributed by atoms with Gasteiger partial charge in [-0.3, -0.25) is 0 Å². The lowest BCUT2D eigenvalue weighted by atomic mass is 9.98. The third-order valence-electron chi connectivity index (χ3n) is 9.27. The molecule has 2 nitrogen and oxygen atoms in total. The first-order valence-electron chi connectivity index (χ1n) is 15.6. The summed E-state index contributed by atoms with van der Waals surface area (Å²) >= 11 is 0. The Morgan fingerprint density at radius 1 is 0.458 bits per heavy atom. The normalized spacial score (nSPS) is 12.3. The van der Waals surface area contributed by atoms with Crippen LogP contribution in [0.2, 0.25) is 0 Å². The minimum atomic E-state index is -4.87. The Bertz CT molecular complexity index is 2330. The molecule has 2 aromatic heterocycles. The molecule has 7 heteroatoms. The standard InChI is InChI=1S/C41H29F5N2/c1-22-8-12-33-27(16-22)28-17-23(2)9-13-34(28)47(33)37-20-26(39-31(42)6-5-7-32(39)43)21-38(40(37)41(44,45)46)48-35-14-10-24(3)18-29(35)30-19-25(4)11-15-36(30)48/h5-21H,1-4H3. The zero-order valence-electron chi connectivity index (χ0n) is 26.6. The number of nitrogens with zero attached hydrogens (tertiary/aromatic N) is 2. The molecule has 0 amide bonds. The summed E-state index contributed by atoms with van der Waals surface area (Å²) < 4.78 is 81.8. The van der Waals surface area contributed by atoms with Crippen molar-refractivity contribution >= 4 is 43.6 Å². The number of rotatable bonds is 3. The second kappa shape index (κ2) is 10.5. The van der Waals surface area contributed by atoms with Crippen molar-refractivity contribution in [3.63, 3.8) is 0 Å². The van der Waals surface area contributed by atoms with Crippen LogP contribution >= 0.6 is 0 Å². The lowest BCUT2D eigenvalue weighted by molar-refractivity contribution is -0.137. The van der Waals surface area contributed by atoms with Crippen LogP contribution in [0, 0.1) is 39.3 Å². The topological polar surface area (TPSA) is 9.86 Å². The molecule has 0 aliphatic heterocycles. The molecule has 0 unspecified atom stereocenters. The summed E-state index contributed by atoms with van der Waals surface area (Å²) in [4.78, 5) is 0. The summed E-state index contributed by atoms with van der Waals surface area (Å²) in [7, 11) is 0. The second-order valence-corrected chi connectivity index (χ2v) is 12.7. The lowest BCUT2D eigenvalue weighted by Crippen LogP contribution is -2.16. The highest BCUT2D eigenvalue weighted by molar-refractivity contribution is 6.11. The van der Waals surface area contributed by atoms with E-state index in [2.05, 4.69) is 0 Å². The number of aryl methyl sites for hydroxylation is 4. The predicted molar refractivity (Wildman–Crippen MR) is 184 cm³/mol. The molecule has 8 rings (SSSR count). The van der Waals surface area contributed by atoms with Gasteiger partial charge in [0.25, 0.3) is 0 Å². The van der Waals surface area contributed by atoms with Gasteiger partial charge in [-0.25, -0.2) is 8.78 Å². The Hall–Kier alpha value is -5.43. The van der Waals surface area contributed by atoms with Gasteiger partial charge in [0.2, 0.25) is 0 Å². The minimum Gasteiger partial charge on any atom is -0.309 e. The maximum absolute atomic E-state index is 15.9. The van der Waals surface area contributed by atoms with Crippen molar-refractivity contribution in [2.75, 3.05) is 0 Å². The van der Waals surface area contributed by atoms with E-state index in [0.29, 0.717) is 22.1 Å². The highest BCUT2D eigenvalue weighted by Gasteiger charge is 2.40. The predicted octanol–water partition coefficient (Wildman–Crippen LogP) is 12.1. The number of fused-ring (bicyclic) bond motifs is 6. The Balaban J connectivity index is 1.63. The second-order valence-electron chi connectivity index (χ2n) is 12.7. The van der Waals surface area contributed by atoms with E-state index in [0.717, 1.165) is 55.9 Å². The molecule has 0 aliphatic rings. The molecule has 8 aromatic rings. The van der Waals surface area contributed by atoms with Gasteiger partial charge in [-0.1, -0.05) is 52.6 Å². The number of aromatic nitrogens is 2. The van der Waals surface area contributed by atoms with Crippen LogP contribution in [0.4, 0.5) is 22.0 Å². The van der Waals surface area contributed by atoms with Crippen molar-refractivity contribution in [1.82, 2.24) is 9.13 Å². The van der Waals surface area contributed by atoms with Crippen LogP contribution in [0.15, 0.2) is 103 Å². The van der Waals surface area contributed by atoms with Crippen molar-refractivity contribution in [2.45, 2.75) is 33.9 Å². The van der Waals surface area contributed by atoms with Gasteiger partial charge in [0.15, 0.2) is 0 Å². The van der Waals surface area contributed by atoms with E-state index in [1.165, 1.54) is 18.2 Å². The average Bonchev–Trinajstić information content (AvgIpc) is 3.51. The monoisotopic (exact) mass is 644 g/mol. The van der Waals surface area contributed by atoms with Gasteiger partial charge >= 0.3 is 6.18 Å². The fourth-order valence-corrected chi connectivity index (χ4v) is 7.19. The first kappa shape index (κ1) is 29.9. The molecule has 0 saturated heterocycles. The maximum Gasteiger partial charge on any atom is 0.420 e. The van der Waals surface area contributed by atoms with E-state index < -0.39 is 28.9 Å². The van der Waals surface area contributed by atoms with Gasteiger partial charge in [0, 0.05) is 21.5 Å². The van der Waals surface area contributed by atoms with Gasteiger partial charge in [-0.2, -0.15) is 13.2 Å². The van der Waals surface area contributed by atoms with Crippen LogP contribution in [0.25, 0.3) is 66.1 Å². The van der Waals surface area contributed by atoms with Crippen molar-refractivity contribution < 1.29 is 22.0 Å². The molecule has 0 aliphatic carbocycles. The van der Waals surface area contributed by atoms with Gasteiger partial charge in [-0.15, -0.1) is 0 Å². The van der Waals surface area contributed by atoms with E-state index in [1.807, 2.05) is 100 Å². The van der Waals surface area contributed by atoms with Gasteiger partial charge in [0.1, 0.15) is 17.2 Å². The van der Waals surface area contributed by atoms with E-state index in [9.17, 15) is 0 Å². The zero-order valence-corrected chi connectivity index (χ0v) is 26.6. The van der Waals surface area contributed by atoms with Gasteiger partial charge in [-0.05, 0) is 106 Å². The van der Waals surface area contributed by atoms with Crippen molar-refractivity contribution in [3.8, 4) is 22.5 Å². The van der Waals surface area contributed by atoms with Gasteiger partial charge < -0.3 is 9.13 Å². The van der Waals surface area contributed by atoms with Crippen LogP contribution in [0.3, 0.4) is 0 Å². The summed E-state index contributed by atoms with van der Waals surface area (Å²) in [6.45, 7) is 7.74. The highest BCUT2D eigenvalue weighted by atomic mass is 19.4. The van der Waals surface area contributed by atoms with Crippen LogP contribution in [-0.4, -0.2) is 9.13 Å². The molecular weight excluding hydrogens is 615 g/mol. The van der Waals surface area contributed by atoms with E-state index in [4.69, 9.17) is 0 Å². The quantitative estimate of drug-likeness (QED) is 0.169. The Morgan fingerprint density at radius 3 is 1.10 bits per heavy atom. The molecule has 6 aromatic carbocycles. The molecule has 238 valence electrons. The first-order valence-corrected chi connectivity index (χ1v) is 15.6. The molecule has 0 N–H and O–H groups in total. The summed E-state index contributed by atoms with van der Waals surface area (Å²) in [5, 5.41) is 3.14. The molecule has 0 atom stereocenters. The highest BCUT2D eigenvalue weighted by Crippen LogP contribution is 2.46. The number of benzene rings is 6. The van der Waals surface area contributed by atoms with E-state index in [1.54, 1.807) is 9.13 Å². The third-order valence-corrected chi connectivity index (χ3v) is 9.27. The fraction of sp³-hybridized carbons (Fsp3) is 0.122. The molecule has 0 spiro atoms. The first-order chi connectivity index (χ1) is 22.9. The Labute approximate surface area is 273 Å². The smallest absolute Gasteiger partial charge is 0.309 e. The molecule has 0 fully saturated rings. The lowest BCUT2D eigenvalue weighted by Gasteiger charge is -2.23. The molecular formula is C41H29F5N2. The third kappa shape index (κ3) is 4.52. The molecule has 0 saturated carbocycles. The van der Waals surface area contributed by atoms with E-state index >= 15 is 22.0 Å². The Morgan fingerprint density at radius 2 is 0.792 bits per heavy atom. The summed E-state index contributed by atoms with van der Waals surface area (Å²) in [6.07, 6.45) is -4.87. The number of hydrogen-bond acceptors (Lipinski definition) is 0. The average molecular weight is 645 g/mol. The fourth-order valence-electron chi connectivity index (χ4n) is 7.19. The van der Waals surface area contributed by atoms with Crippen molar-refractivity contribution in [2.24, 2.45) is 0 Å². The summed E-state index contributed by atoms with van der Waals surface area (Å²) in [5.41, 5.74) is 4.28. The maximum atomic E-state index is 15.9. The minimum absolute atomic E-state index is 0.00736. The largest absolute Gasteiger partial charge is 0.420 e. The van der Waals surface area contributed by atoms with Crippen LogP contribution < -0.4 is 0 Å². The molecule has 0 bridgehead atoms. The van der Waals surface area contributed by atoms with Gasteiger partial charge in [0.05, 0.1) is 39.0 Å². The number of halogens is 5. The molecule has 48 heavy (non-hydrogen) atoms. The zero-order chi connectivity index (χ0) is 33.6. The van der Waals surface area contributed by atoms with Crippen LogP contribution in [0.5, 0.6) is 0 Å². The van der Waals surface area contributed by atoms with Crippen LogP contribution in [-0.2, 0) is 6.18 Å². The Kier molecular flexibility index (Phi) is 6.57. The summed E-state index contributed by atoms with van der Waals surface area (Å²) in [6, 6.07) is 28.5. The van der Waals surface area contributed by atoms with Crippen LogP contribution in [0.1, 0.15) is 27.8 Å². The van der Waals surface area contributed by atoms with Crippen molar-refractivity contribution in [3.05, 3.63) is 143 Å². The van der Waals surface area contributed by atoms with E-state index in [-0.39, 0.29) is 16.9 Å². The SMILES string of the molecule is Cc1ccc2c(c1)c1cc(C)ccc1n2-c1cc(-c2c(F)cccc2F)cc(-n2c3ccc(C)cc3c3cc(C)ccc32)c1C(F)(F)F. The molecule has 0 radical (unpaired) electrons. The summed E-state index contributed by atoms with van der Waals surface area (Å²) in [5.74, 6) is -1.73. The number of alkyl halides is 3. The molecule has 2 heterocycles. The number of hydrogen-bond donors (Lipinski definition) is 0. The van der Waals surface area contributed by atoms with Crippen molar-refractivity contribution in [1.29, 1.82) is 0 Å².